The Morgan fingerprint density at radius 2 is 1.77 bits per heavy atom. The van der Waals surface area contributed by atoms with Crippen LogP contribution in [0.1, 0.15) is 21.5 Å². The van der Waals surface area contributed by atoms with Gasteiger partial charge in [-0.2, -0.15) is 0 Å². The number of carbonyl (C=O) groups excluding carboxylic acids is 2. The molecule has 0 saturated carbocycles. The Bertz CT molecular complexity index is 1510. The molecule has 1 aromatic heterocycles. The first-order valence-electron chi connectivity index (χ1n) is 10.4. The molecule has 4 rings (SSSR count). The van der Waals surface area contributed by atoms with Crippen LogP contribution in [0.4, 0.5) is 10.5 Å². The van der Waals surface area contributed by atoms with E-state index in [1.54, 1.807) is 24.5 Å². The Kier molecular flexibility index (Phi) is 6.34. The van der Waals surface area contributed by atoms with Crippen LogP contribution >= 0.6 is 0 Å². The largest absolute Gasteiger partial charge is 0.348 e. The number of nitrogens with one attached hydrogen (secondary N) is 1. The van der Waals surface area contributed by atoms with Crippen LogP contribution in [-0.4, -0.2) is 51.4 Å². The lowest BCUT2D eigenvalue weighted by atomic mass is 10.1. The van der Waals surface area contributed by atoms with Crippen molar-refractivity contribution in [2.45, 2.75) is 22.9 Å². The van der Waals surface area contributed by atoms with E-state index in [4.69, 9.17) is 0 Å². The van der Waals surface area contributed by atoms with Crippen LogP contribution in [0.5, 0.6) is 0 Å². The number of carbonyl (C=O) groups is 2. The highest BCUT2D eigenvalue weighted by Gasteiger charge is 2.40. The molecule has 0 unspecified atom stereocenters. The highest BCUT2D eigenvalue weighted by molar-refractivity contribution is 7.90. The van der Waals surface area contributed by atoms with Crippen molar-refractivity contribution < 1.29 is 26.4 Å². The minimum absolute atomic E-state index is 0.0819. The van der Waals surface area contributed by atoms with Crippen molar-refractivity contribution >= 4 is 37.5 Å². The molecule has 1 aliphatic heterocycles. The third-order valence-electron chi connectivity index (χ3n) is 5.51. The highest BCUT2D eigenvalue weighted by Crippen LogP contribution is 2.35. The zero-order valence-electron chi connectivity index (χ0n) is 18.9. The predicted octanol–water partition coefficient (Wildman–Crippen LogP) is 2.18. The summed E-state index contributed by atoms with van der Waals surface area (Å²) in [7, 11) is -6.27. The van der Waals surface area contributed by atoms with Crippen LogP contribution < -0.4 is 10.2 Å². The fourth-order valence-electron chi connectivity index (χ4n) is 3.58. The number of urea groups is 1. The van der Waals surface area contributed by atoms with Crippen LogP contribution in [-0.2, 0) is 33.0 Å². The topological polar surface area (TPSA) is 134 Å². The Labute approximate surface area is 203 Å². The minimum atomic E-state index is -4.29. The number of sulfone groups is 1. The summed E-state index contributed by atoms with van der Waals surface area (Å²) in [6.45, 7) is -0.0864. The van der Waals surface area contributed by atoms with Crippen molar-refractivity contribution in [1.82, 2.24) is 14.6 Å². The molecule has 1 N–H and O–H groups in total. The Hall–Kier alpha value is -3.77. The smallest absolute Gasteiger partial charge is 0.338 e. The van der Waals surface area contributed by atoms with Crippen molar-refractivity contribution in [3.05, 3.63) is 83.7 Å². The Morgan fingerprint density at radius 3 is 2.40 bits per heavy atom. The van der Waals surface area contributed by atoms with Crippen molar-refractivity contribution in [1.29, 1.82) is 0 Å². The molecule has 2 aromatic carbocycles. The van der Waals surface area contributed by atoms with Gasteiger partial charge in [0.2, 0.25) is 0 Å². The number of rotatable bonds is 6. The van der Waals surface area contributed by atoms with Gasteiger partial charge in [-0.15, -0.1) is 0 Å². The standard InChI is InChI=1S/C23H22N4O6S2/c1-26-20-10-7-18(22(28)25-14-17-4-3-11-24-13-17)12-21(20)35(32,33)27(23(26)29)15-16-5-8-19(9-6-16)34(2,30)31/h3-13H,14-15H2,1-2H3,(H,25,28). The van der Waals surface area contributed by atoms with E-state index in [1.165, 1.54) is 54.4 Å². The van der Waals surface area contributed by atoms with Gasteiger partial charge in [-0.3, -0.25) is 14.7 Å². The van der Waals surface area contributed by atoms with Crippen molar-refractivity contribution in [2.24, 2.45) is 0 Å². The number of fused-ring (bicyclic) bond motifs is 1. The van der Waals surface area contributed by atoms with Gasteiger partial charge in [-0.1, -0.05) is 18.2 Å². The first-order valence-corrected chi connectivity index (χ1v) is 13.7. The molecule has 12 heteroatoms. The lowest BCUT2D eigenvalue weighted by Crippen LogP contribution is -2.48. The second kappa shape index (κ2) is 9.12. The quantitative estimate of drug-likeness (QED) is 0.533. The van der Waals surface area contributed by atoms with Gasteiger partial charge in [0.1, 0.15) is 4.90 Å². The molecule has 182 valence electrons. The van der Waals surface area contributed by atoms with Crippen LogP contribution in [0.3, 0.4) is 0 Å². The number of nitrogens with zero attached hydrogens (tertiary/aromatic N) is 3. The molecule has 0 radical (unpaired) electrons. The fraction of sp³-hybridized carbons (Fsp3) is 0.174. The van der Waals surface area contributed by atoms with Crippen molar-refractivity contribution in [3.8, 4) is 0 Å². The molecule has 0 bridgehead atoms. The lowest BCUT2D eigenvalue weighted by molar-refractivity contribution is 0.0950. The van der Waals surface area contributed by atoms with Gasteiger partial charge >= 0.3 is 6.03 Å². The summed E-state index contributed by atoms with van der Waals surface area (Å²) in [6, 6.07) is 12.5. The Morgan fingerprint density at radius 1 is 1.06 bits per heavy atom. The van der Waals surface area contributed by atoms with Crippen molar-refractivity contribution in [2.75, 3.05) is 18.2 Å². The summed E-state index contributed by atoms with van der Waals surface area (Å²) in [5.41, 5.74) is 1.49. The third kappa shape index (κ3) is 4.88. The van der Waals surface area contributed by atoms with Gasteiger partial charge in [0.05, 0.1) is 17.1 Å². The molecule has 3 aromatic rings. The average Bonchev–Trinajstić information content (AvgIpc) is 2.84. The maximum Gasteiger partial charge on any atom is 0.338 e. The molecule has 0 atom stereocenters. The van der Waals surface area contributed by atoms with Crippen LogP contribution in [0.15, 0.2) is 76.8 Å². The molecule has 1 aliphatic rings. The zero-order chi connectivity index (χ0) is 25.4. The van der Waals surface area contributed by atoms with E-state index < -0.39 is 31.8 Å². The first-order chi connectivity index (χ1) is 16.5. The number of anilines is 1. The molecule has 10 nitrogen and oxygen atoms in total. The molecule has 0 aliphatic carbocycles. The normalized spacial score (nSPS) is 15.0. The number of pyridine rings is 1. The molecule has 0 saturated heterocycles. The monoisotopic (exact) mass is 514 g/mol. The summed E-state index contributed by atoms with van der Waals surface area (Å²) in [6.07, 6.45) is 4.29. The fourth-order valence-corrected chi connectivity index (χ4v) is 5.84. The summed E-state index contributed by atoms with van der Waals surface area (Å²) in [4.78, 5) is 30.7. The summed E-state index contributed by atoms with van der Waals surface area (Å²) < 4.78 is 50.8. The average molecular weight is 515 g/mol. The van der Waals surface area contributed by atoms with Crippen molar-refractivity contribution in [3.63, 3.8) is 0 Å². The van der Waals surface area contributed by atoms with E-state index in [-0.39, 0.29) is 34.1 Å². The van der Waals surface area contributed by atoms with Crippen LogP contribution in [0.2, 0.25) is 0 Å². The van der Waals surface area contributed by atoms with Gasteiger partial charge in [0, 0.05) is 37.8 Å². The molecular formula is C23H22N4O6S2. The molecular weight excluding hydrogens is 492 g/mol. The van der Waals surface area contributed by atoms with E-state index in [9.17, 15) is 26.4 Å². The first kappa shape index (κ1) is 24.4. The summed E-state index contributed by atoms with van der Waals surface area (Å²) in [5.74, 6) is -0.477. The van der Waals surface area contributed by atoms with Gasteiger partial charge in [0.25, 0.3) is 15.9 Å². The van der Waals surface area contributed by atoms with Gasteiger partial charge < -0.3 is 5.32 Å². The van der Waals surface area contributed by atoms with Crippen LogP contribution in [0, 0.1) is 0 Å². The number of hydrogen-bond donors (Lipinski definition) is 1. The number of aromatic nitrogens is 1. The second-order valence-corrected chi connectivity index (χ2v) is 11.8. The SMILES string of the molecule is CN1C(=O)N(Cc2ccc(S(C)(=O)=O)cc2)S(=O)(=O)c2cc(C(=O)NCc3cccnc3)ccc21. The maximum atomic E-state index is 13.4. The zero-order valence-corrected chi connectivity index (χ0v) is 20.5. The number of sulfonamides is 1. The number of amides is 3. The second-order valence-electron chi connectivity index (χ2n) is 8.00. The van der Waals surface area contributed by atoms with Gasteiger partial charge in [0.15, 0.2) is 9.84 Å². The van der Waals surface area contributed by atoms with E-state index in [0.717, 1.165) is 11.8 Å². The van der Waals surface area contributed by atoms with E-state index in [0.29, 0.717) is 9.87 Å². The molecule has 2 heterocycles. The third-order valence-corrected chi connectivity index (χ3v) is 8.38. The number of hydrogen-bond acceptors (Lipinski definition) is 7. The van der Waals surface area contributed by atoms with E-state index in [1.807, 2.05) is 0 Å². The Balaban J connectivity index is 1.62. The summed E-state index contributed by atoms with van der Waals surface area (Å²) in [5, 5.41) is 2.72. The number of benzene rings is 2. The van der Waals surface area contributed by atoms with Crippen LogP contribution in [0.25, 0.3) is 0 Å². The molecule has 0 spiro atoms. The maximum absolute atomic E-state index is 13.4. The lowest BCUT2D eigenvalue weighted by Gasteiger charge is -2.34. The van der Waals surface area contributed by atoms with Gasteiger partial charge in [-0.05, 0) is 47.5 Å². The molecule has 3 amide bonds. The predicted molar refractivity (Wildman–Crippen MR) is 128 cm³/mol. The van der Waals surface area contributed by atoms with E-state index >= 15 is 0 Å². The molecule has 35 heavy (non-hydrogen) atoms. The van der Waals surface area contributed by atoms with Gasteiger partial charge in [-0.25, -0.2) is 25.9 Å². The van der Waals surface area contributed by atoms with E-state index in [2.05, 4.69) is 10.3 Å². The minimum Gasteiger partial charge on any atom is -0.348 e. The molecule has 0 fully saturated rings. The highest BCUT2D eigenvalue weighted by atomic mass is 32.2. The summed E-state index contributed by atoms with van der Waals surface area (Å²) >= 11 is 0.